The van der Waals surface area contributed by atoms with Crippen LogP contribution < -0.4 is 10.6 Å². The molecule has 2 atom stereocenters. The van der Waals surface area contributed by atoms with Crippen LogP contribution >= 0.6 is 11.6 Å². The van der Waals surface area contributed by atoms with Gasteiger partial charge in [0.15, 0.2) is 0 Å². The van der Waals surface area contributed by atoms with Crippen LogP contribution in [-0.2, 0) is 14.3 Å². The lowest BCUT2D eigenvalue weighted by atomic mass is 9.96. The van der Waals surface area contributed by atoms with Gasteiger partial charge in [-0.15, -0.1) is 0 Å². The molecule has 8 nitrogen and oxygen atoms in total. The van der Waals surface area contributed by atoms with Crippen LogP contribution in [0.15, 0.2) is 42.5 Å². The van der Waals surface area contributed by atoms with E-state index in [2.05, 4.69) is 10.6 Å². The van der Waals surface area contributed by atoms with Gasteiger partial charge in [-0.05, 0) is 63.3 Å². The van der Waals surface area contributed by atoms with Crippen molar-refractivity contribution >= 4 is 35.2 Å². The molecule has 0 aromatic heterocycles. The monoisotopic (exact) mass is 531 g/mol. The van der Waals surface area contributed by atoms with Gasteiger partial charge in [-0.2, -0.15) is 0 Å². The van der Waals surface area contributed by atoms with Crippen LogP contribution in [0, 0.1) is 19.8 Å². The number of carbonyl (C=O) groups excluding carboxylic acids is 3. The van der Waals surface area contributed by atoms with Crippen LogP contribution in [0.2, 0.25) is 5.02 Å². The number of ether oxygens (including phenoxy) is 1. The molecule has 9 heteroatoms. The Labute approximate surface area is 224 Å². The fourth-order valence-electron chi connectivity index (χ4n) is 3.93. The Hall–Kier alpha value is -3.10. The molecule has 0 radical (unpaired) electrons. The molecule has 2 aromatic carbocycles. The van der Waals surface area contributed by atoms with Gasteiger partial charge in [0.25, 0.3) is 5.91 Å². The predicted molar refractivity (Wildman–Crippen MR) is 146 cm³/mol. The highest BCUT2D eigenvalue weighted by molar-refractivity contribution is 6.34. The largest absolute Gasteiger partial charge is 0.444 e. The quantitative estimate of drug-likeness (QED) is 0.421. The molecule has 0 aliphatic carbocycles. The number of para-hydroxylation sites is 1. The average Bonchev–Trinajstić information content (AvgIpc) is 2.79. The lowest BCUT2D eigenvalue weighted by molar-refractivity contribution is -0.142. The molecule has 202 valence electrons. The number of aliphatic hydroxyl groups excluding tert-OH is 1. The van der Waals surface area contributed by atoms with Gasteiger partial charge in [-0.25, -0.2) is 4.79 Å². The molecule has 0 aliphatic rings. The Morgan fingerprint density at radius 1 is 1.03 bits per heavy atom. The molecule has 0 saturated heterocycles. The molecule has 0 spiro atoms. The number of nitrogens with zero attached hydrogens (tertiary/aromatic N) is 1. The second-order valence-corrected chi connectivity index (χ2v) is 10.7. The lowest BCUT2D eigenvalue weighted by Crippen LogP contribution is -2.55. The summed E-state index contributed by atoms with van der Waals surface area (Å²) >= 11 is 6.36. The number of hydrogen-bond donors (Lipinski definition) is 3. The van der Waals surface area contributed by atoms with Crippen molar-refractivity contribution in [2.45, 2.75) is 66.2 Å². The third-order valence-electron chi connectivity index (χ3n) is 5.74. The Balaban J connectivity index is 2.54. The molecule has 0 aliphatic heterocycles. The smallest absolute Gasteiger partial charge is 0.408 e. The van der Waals surface area contributed by atoms with E-state index in [1.807, 2.05) is 32.0 Å². The van der Waals surface area contributed by atoms with Gasteiger partial charge < -0.3 is 25.4 Å². The summed E-state index contributed by atoms with van der Waals surface area (Å²) in [5.41, 5.74) is 1.82. The van der Waals surface area contributed by atoms with Crippen molar-refractivity contribution in [2.24, 2.45) is 5.92 Å². The maximum Gasteiger partial charge on any atom is 0.408 e. The highest BCUT2D eigenvalue weighted by atomic mass is 35.5. The number of carbonyl (C=O) groups is 3. The van der Waals surface area contributed by atoms with Gasteiger partial charge in [0.2, 0.25) is 5.91 Å². The number of amides is 3. The number of aliphatic hydroxyl groups is 1. The van der Waals surface area contributed by atoms with E-state index in [0.717, 1.165) is 11.1 Å². The zero-order valence-corrected chi connectivity index (χ0v) is 23.3. The Bertz CT molecular complexity index is 1090. The van der Waals surface area contributed by atoms with Crippen molar-refractivity contribution in [1.82, 2.24) is 10.2 Å². The molecule has 3 amide bonds. The third kappa shape index (κ3) is 8.20. The number of halogens is 1. The second kappa shape index (κ2) is 12.9. The first-order chi connectivity index (χ1) is 17.3. The molecule has 2 aromatic rings. The topological polar surface area (TPSA) is 108 Å². The van der Waals surface area contributed by atoms with Crippen molar-refractivity contribution in [3.8, 4) is 0 Å². The van der Waals surface area contributed by atoms with Gasteiger partial charge in [0.05, 0.1) is 17.3 Å². The van der Waals surface area contributed by atoms with Crippen molar-refractivity contribution in [3.63, 3.8) is 0 Å². The summed E-state index contributed by atoms with van der Waals surface area (Å²) in [4.78, 5) is 41.6. The van der Waals surface area contributed by atoms with Crippen molar-refractivity contribution in [1.29, 1.82) is 0 Å². The van der Waals surface area contributed by atoms with E-state index in [-0.39, 0.29) is 19.1 Å². The van der Waals surface area contributed by atoms with Crippen LogP contribution in [0.25, 0.3) is 0 Å². The fraction of sp³-hybridized carbons (Fsp3) is 0.464. The van der Waals surface area contributed by atoms with E-state index in [9.17, 15) is 19.5 Å². The molecule has 0 bridgehead atoms. The number of rotatable bonds is 9. The van der Waals surface area contributed by atoms with Crippen molar-refractivity contribution in [2.75, 3.05) is 18.5 Å². The molecule has 0 heterocycles. The number of hydrogen-bond acceptors (Lipinski definition) is 5. The number of nitrogens with one attached hydrogen (secondary N) is 2. The van der Waals surface area contributed by atoms with Gasteiger partial charge in [-0.3, -0.25) is 9.59 Å². The minimum absolute atomic E-state index is 0.133. The molecular weight excluding hydrogens is 494 g/mol. The first-order valence-electron chi connectivity index (χ1n) is 12.3. The summed E-state index contributed by atoms with van der Waals surface area (Å²) in [7, 11) is 0. The first-order valence-corrected chi connectivity index (χ1v) is 12.7. The molecule has 3 N–H and O–H groups in total. The van der Waals surface area contributed by atoms with Crippen LogP contribution in [0.3, 0.4) is 0 Å². The van der Waals surface area contributed by atoms with E-state index in [1.165, 1.54) is 4.90 Å². The van der Waals surface area contributed by atoms with E-state index in [1.54, 1.807) is 58.9 Å². The third-order valence-corrected chi connectivity index (χ3v) is 6.06. The van der Waals surface area contributed by atoms with Crippen molar-refractivity contribution in [3.05, 3.63) is 64.2 Å². The normalized spacial score (nSPS) is 13.0. The maximum atomic E-state index is 13.9. The minimum Gasteiger partial charge on any atom is -0.444 e. The Kier molecular flexibility index (Phi) is 10.5. The van der Waals surface area contributed by atoms with Gasteiger partial charge in [0.1, 0.15) is 17.7 Å². The average molecular weight is 532 g/mol. The standard InChI is InChI=1S/C28H38ClN3O5/c1-17(2)22(31-27(36)37-28(5,6)7)26(35)32(15-16-33)24(20-13-9-8-11-18(20)3)25(34)30-23-19(4)12-10-14-21(23)29/h8-14,17,22,24,33H,15-16H2,1-7H3,(H,30,34)(H,31,36). The van der Waals surface area contributed by atoms with Gasteiger partial charge >= 0.3 is 6.09 Å². The number of aryl methyl sites for hydroxylation is 2. The van der Waals surface area contributed by atoms with Crippen LogP contribution in [0.4, 0.5) is 10.5 Å². The highest BCUT2D eigenvalue weighted by Gasteiger charge is 2.38. The molecule has 0 fully saturated rings. The first kappa shape index (κ1) is 30.1. The summed E-state index contributed by atoms with van der Waals surface area (Å²) in [6.45, 7) is 11.9. The van der Waals surface area contributed by atoms with E-state index >= 15 is 0 Å². The van der Waals surface area contributed by atoms with Gasteiger partial charge in [-0.1, -0.05) is 61.8 Å². The summed E-state index contributed by atoms with van der Waals surface area (Å²) in [6.07, 6.45) is -0.743. The summed E-state index contributed by atoms with van der Waals surface area (Å²) in [6, 6.07) is 10.4. The van der Waals surface area contributed by atoms with E-state index in [4.69, 9.17) is 16.3 Å². The summed E-state index contributed by atoms with van der Waals surface area (Å²) in [5.74, 6) is -1.34. The Morgan fingerprint density at radius 2 is 1.65 bits per heavy atom. The maximum absolute atomic E-state index is 13.9. The van der Waals surface area contributed by atoms with Crippen LogP contribution in [-0.4, -0.2) is 52.7 Å². The molecule has 2 unspecified atom stereocenters. The zero-order chi connectivity index (χ0) is 27.9. The number of alkyl carbamates (subject to hydrolysis) is 1. The van der Waals surface area contributed by atoms with Gasteiger partial charge in [0, 0.05) is 6.54 Å². The molecule has 37 heavy (non-hydrogen) atoms. The van der Waals surface area contributed by atoms with E-state index < -0.39 is 35.6 Å². The minimum atomic E-state index is -1.10. The number of benzene rings is 2. The predicted octanol–water partition coefficient (Wildman–Crippen LogP) is 5.01. The second-order valence-electron chi connectivity index (χ2n) is 10.3. The number of anilines is 1. The van der Waals surface area contributed by atoms with Crippen molar-refractivity contribution < 1.29 is 24.2 Å². The summed E-state index contributed by atoms with van der Waals surface area (Å²) in [5, 5.41) is 15.8. The zero-order valence-electron chi connectivity index (χ0n) is 22.6. The fourth-order valence-corrected chi connectivity index (χ4v) is 4.20. The summed E-state index contributed by atoms with van der Waals surface area (Å²) < 4.78 is 5.36. The lowest BCUT2D eigenvalue weighted by Gasteiger charge is -2.35. The van der Waals surface area contributed by atoms with Crippen LogP contribution in [0.5, 0.6) is 0 Å². The highest BCUT2D eigenvalue weighted by Crippen LogP contribution is 2.30. The SMILES string of the molecule is Cc1ccccc1C(C(=O)Nc1c(C)cccc1Cl)N(CCO)C(=O)C(NC(=O)OC(C)(C)C)C(C)C. The van der Waals surface area contributed by atoms with Crippen LogP contribution in [0.1, 0.15) is 57.4 Å². The van der Waals surface area contributed by atoms with E-state index in [0.29, 0.717) is 16.3 Å². The molecular formula is C28H38ClN3O5. The molecule has 2 rings (SSSR count). The Morgan fingerprint density at radius 3 is 2.19 bits per heavy atom. The molecule has 0 saturated carbocycles.